The molecule has 4 nitrogen and oxygen atoms in total. The molecule has 4 atom stereocenters. The highest BCUT2D eigenvalue weighted by Gasteiger charge is 2.61. The predicted molar refractivity (Wildman–Crippen MR) is 45.7 cm³/mol. The molecule has 2 aliphatic rings. The van der Waals surface area contributed by atoms with Gasteiger partial charge in [0, 0.05) is 6.54 Å². The number of carbonyl (C=O) groups excluding carboxylic acids is 1. The molecule has 1 aliphatic heterocycles. The van der Waals surface area contributed by atoms with Crippen molar-refractivity contribution < 1.29 is 32.3 Å². The number of carboxylic acids is 1. The smallest absolute Gasteiger partial charge is 0.471 e. The first-order chi connectivity index (χ1) is 7.73. The molecule has 96 valence electrons. The van der Waals surface area contributed by atoms with Gasteiger partial charge in [0.15, 0.2) is 0 Å². The monoisotopic (exact) mass is 255 g/mol. The Hall–Kier alpha value is -1.34. The molecule has 0 spiro atoms. The summed E-state index contributed by atoms with van der Waals surface area (Å²) in [5.74, 6) is -5.45. The number of nitrogens with zero attached hydrogens (tertiary/aromatic N) is 1. The van der Waals surface area contributed by atoms with Gasteiger partial charge in [0.1, 0.15) is 6.17 Å². The van der Waals surface area contributed by atoms with Gasteiger partial charge in [-0.3, -0.25) is 9.59 Å². The van der Waals surface area contributed by atoms with Gasteiger partial charge in [-0.25, -0.2) is 4.39 Å². The fourth-order valence-corrected chi connectivity index (χ4v) is 2.76. The highest BCUT2D eigenvalue weighted by atomic mass is 19.4. The van der Waals surface area contributed by atoms with E-state index in [0.29, 0.717) is 4.90 Å². The number of halogens is 4. The highest BCUT2D eigenvalue weighted by Crippen LogP contribution is 2.45. The summed E-state index contributed by atoms with van der Waals surface area (Å²) in [6, 6.07) is -1.48. The minimum atomic E-state index is -5.09. The van der Waals surface area contributed by atoms with Crippen LogP contribution in [0.5, 0.6) is 0 Å². The number of carbonyl (C=O) groups is 2. The van der Waals surface area contributed by atoms with Crippen LogP contribution >= 0.6 is 0 Å². The van der Waals surface area contributed by atoms with Crippen molar-refractivity contribution in [2.45, 2.75) is 24.8 Å². The van der Waals surface area contributed by atoms with Crippen molar-refractivity contribution in [3.8, 4) is 0 Å². The lowest BCUT2D eigenvalue weighted by molar-refractivity contribution is -0.188. The Balaban J connectivity index is 2.24. The Bertz CT molecular complexity index is 370. The first-order valence-electron chi connectivity index (χ1n) is 4.98. The summed E-state index contributed by atoms with van der Waals surface area (Å²) in [5, 5.41) is 8.83. The third-order valence-electron chi connectivity index (χ3n) is 3.35. The number of aliphatic carboxylic acids is 1. The lowest BCUT2D eigenvalue weighted by Crippen LogP contribution is -2.50. The van der Waals surface area contributed by atoms with E-state index in [4.69, 9.17) is 5.11 Å². The van der Waals surface area contributed by atoms with Gasteiger partial charge in [0.2, 0.25) is 0 Å². The molecule has 1 N–H and O–H groups in total. The van der Waals surface area contributed by atoms with Crippen molar-refractivity contribution >= 4 is 11.9 Å². The molecule has 0 aromatic rings. The topological polar surface area (TPSA) is 57.6 Å². The van der Waals surface area contributed by atoms with Gasteiger partial charge in [-0.15, -0.1) is 0 Å². The van der Waals surface area contributed by atoms with Crippen molar-refractivity contribution in [3.63, 3.8) is 0 Å². The molecule has 2 bridgehead atoms. The molecule has 1 amide bonds. The fraction of sp³-hybridized carbons (Fsp3) is 0.778. The third-order valence-corrected chi connectivity index (χ3v) is 3.35. The van der Waals surface area contributed by atoms with E-state index in [2.05, 4.69) is 0 Å². The quantitative estimate of drug-likeness (QED) is 0.706. The molecular weight excluding hydrogens is 246 g/mol. The van der Waals surface area contributed by atoms with Crippen LogP contribution in [0.2, 0.25) is 0 Å². The van der Waals surface area contributed by atoms with E-state index in [0.717, 1.165) is 0 Å². The molecule has 0 unspecified atom stereocenters. The van der Waals surface area contributed by atoms with Crippen LogP contribution in [0.15, 0.2) is 0 Å². The first kappa shape index (κ1) is 12.1. The summed E-state index contributed by atoms with van der Waals surface area (Å²) in [6.45, 7) is -0.333. The average Bonchev–Trinajstić information content (AvgIpc) is 2.68. The minimum absolute atomic E-state index is 0.0940. The largest absolute Gasteiger partial charge is 0.481 e. The van der Waals surface area contributed by atoms with Crippen molar-refractivity contribution in [3.05, 3.63) is 0 Å². The number of alkyl halides is 4. The predicted octanol–water partition coefficient (Wildman–Crippen LogP) is 0.818. The van der Waals surface area contributed by atoms with E-state index in [9.17, 15) is 27.2 Å². The molecule has 2 fully saturated rings. The van der Waals surface area contributed by atoms with E-state index in [1.807, 2.05) is 0 Å². The molecule has 1 aliphatic carbocycles. The van der Waals surface area contributed by atoms with Crippen LogP contribution in [0, 0.1) is 11.8 Å². The third kappa shape index (κ3) is 1.75. The van der Waals surface area contributed by atoms with E-state index < -0.39 is 42.1 Å². The van der Waals surface area contributed by atoms with Crippen molar-refractivity contribution in [1.82, 2.24) is 4.90 Å². The maximum atomic E-state index is 13.4. The normalized spacial score (nSPS) is 36.4. The molecule has 0 radical (unpaired) electrons. The number of hydrogen-bond donors (Lipinski definition) is 1. The average molecular weight is 255 g/mol. The second-order valence-electron chi connectivity index (χ2n) is 4.32. The Morgan fingerprint density at radius 2 is 1.88 bits per heavy atom. The number of rotatable bonds is 1. The summed E-state index contributed by atoms with van der Waals surface area (Å²) in [6.07, 6.45) is -6.88. The molecule has 1 saturated carbocycles. The molecule has 0 aromatic heterocycles. The Morgan fingerprint density at radius 1 is 1.29 bits per heavy atom. The van der Waals surface area contributed by atoms with Crippen molar-refractivity contribution in [2.24, 2.45) is 11.8 Å². The summed E-state index contributed by atoms with van der Waals surface area (Å²) in [7, 11) is 0. The summed E-state index contributed by atoms with van der Waals surface area (Å²) >= 11 is 0. The van der Waals surface area contributed by atoms with Gasteiger partial charge in [0.05, 0.1) is 12.0 Å². The molecule has 17 heavy (non-hydrogen) atoms. The van der Waals surface area contributed by atoms with Crippen LogP contribution in [0.25, 0.3) is 0 Å². The second-order valence-corrected chi connectivity index (χ2v) is 4.32. The molecule has 8 heteroatoms. The zero-order valence-corrected chi connectivity index (χ0v) is 8.45. The van der Waals surface area contributed by atoms with Crippen molar-refractivity contribution in [1.29, 1.82) is 0 Å². The zero-order chi connectivity index (χ0) is 13.0. The summed E-state index contributed by atoms with van der Waals surface area (Å²) in [4.78, 5) is 22.2. The molecular formula is C9H9F4NO3. The molecule has 2 rings (SSSR count). The summed E-state index contributed by atoms with van der Waals surface area (Å²) in [5.41, 5.74) is 0. The SMILES string of the molecule is O=C(O)[C@@H]1[C@@H]2C[C@@H](F)[C@H]1N(C(=O)C(F)(F)F)C2. The number of fused-ring (bicyclic) bond motifs is 2. The lowest BCUT2D eigenvalue weighted by atomic mass is 9.99. The van der Waals surface area contributed by atoms with Gasteiger partial charge in [-0.1, -0.05) is 0 Å². The van der Waals surface area contributed by atoms with E-state index in [1.54, 1.807) is 0 Å². The van der Waals surface area contributed by atoms with Crippen LogP contribution in [0.3, 0.4) is 0 Å². The molecule has 1 saturated heterocycles. The van der Waals surface area contributed by atoms with Gasteiger partial charge in [0.25, 0.3) is 0 Å². The van der Waals surface area contributed by atoms with Crippen LogP contribution < -0.4 is 0 Å². The van der Waals surface area contributed by atoms with Gasteiger partial charge in [-0.05, 0) is 12.3 Å². The first-order valence-corrected chi connectivity index (χ1v) is 4.98. The maximum absolute atomic E-state index is 13.4. The Labute approximate surface area is 93.2 Å². The van der Waals surface area contributed by atoms with E-state index in [-0.39, 0.29) is 13.0 Å². The Morgan fingerprint density at radius 3 is 2.29 bits per heavy atom. The van der Waals surface area contributed by atoms with Gasteiger partial charge >= 0.3 is 18.1 Å². The van der Waals surface area contributed by atoms with E-state index in [1.165, 1.54) is 0 Å². The zero-order valence-electron chi connectivity index (χ0n) is 8.45. The maximum Gasteiger partial charge on any atom is 0.471 e. The van der Waals surface area contributed by atoms with Crippen LogP contribution in [-0.4, -0.2) is 46.8 Å². The number of likely N-dealkylation sites (tertiary alicyclic amines) is 1. The summed E-state index contributed by atoms with van der Waals surface area (Å²) < 4.78 is 50.1. The number of hydrogen-bond acceptors (Lipinski definition) is 2. The fourth-order valence-electron chi connectivity index (χ4n) is 2.76. The van der Waals surface area contributed by atoms with Crippen LogP contribution in [0.1, 0.15) is 6.42 Å². The van der Waals surface area contributed by atoms with E-state index >= 15 is 0 Å². The second kappa shape index (κ2) is 3.58. The van der Waals surface area contributed by atoms with Crippen LogP contribution in [-0.2, 0) is 9.59 Å². The molecule has 1 heterocycles. The number of amides is 1. The van der Waals surface area contributed by atoms with Crippen LogP contribution in [0.4, 0.5) is 17.6 Å². The Kier molecular flexibility index (Phi) is 2.55. The van der Waals surface area contributed by atoms with Gasteiger partial charge in [-0.2, -0.15) is 13.2 Å². The standard InChI is InChI=1S/C9H9F4NO3/c10-4-1-3-2-14(8(17)9(11,12)13)6(4)5(3)7(15)16/h3-6H,1-2H2,(H,15,16)/t3-,4-,5-,6-/m1/s1. The number of piperidine rings is 1. The molecule has 0 aromatic carbocycles. The van der Waals surface area contributed by atoms with Gasteiger partial charge < -0.3 is 10.0 Å². The van der Waals surface area contributed by atoms with Crippen molar-refractivity contribution in [2.75, 3.05) is 6.54 Å². The lowest BCUT2D eigenvalue weighted by Gasteiger charge is -2.30. The minimum Gasteiger partial charge on any atom is -0.481 e. The highest BCUT2D eigenvalue weighted by molar-refractivity contribution is 5.84. The number of carboxylic acid groups (broad SMARTS) is 1.